The number of aryl methyl sites for hydroxylation is 1. The molecule has 1 aromatic heterocycles. The number of fused-ring (bicyclic) bond motifs is 1. The number of nitrogens with zero attached hydrogens (tertiary/aromatic N) is 2. The molecule has 1 amide bonds. The van der Waals surface area contributed by atoms with E-state index in [0.717, 1.165) is 18.5 Å². The second-order valence-corrected chi connectivity index (χ2v) is 4.19. The number of H-pyrrole nitrogens is 1. The fraction of sp³-hybridized carbons (Fsp3) is 0.231. The number of carbonyl (C=O) groups is 1. The highest BCUT2D eigenvalue weighted by atomic mass is 16.6. The Labute approximate surface area is 104 Å². The third-order valence-electron chi connectivity index (χ3n) is 3.01. The van der Waals surface area contributed by atoms with E-state index in [9.17, 15) is 4.79 Å². The van der Waals surface area contributed by atoms with Crippen molar-refractivity contribution >= 4 is 11.8 Å². The minimum absolute atomic E-state index is 0.358. The first-order valence-corrected chi connectivity index (χ1v) is 5.90. The van der Waals surface area contributed by atoms with Gasteiger partial charge in [-0.2, -0.15) is 5.10 Å². The summed E-state index contributed by atoms with van der Waals surface area (Å²) in [5.74, 6) is 0.433. The van der Waals surface area contributed by atoms with Gasteiger partial charge in [-0.25, -0.2) is 4.79 Å². The van der Waals surface area contributed by atoms with Gasteiger partial charge in [0.25, 0.3) is 0 Å². The van der Waals surface area contributed by atoms with Crippen molar-refractivity contribution in [1.82, 2.24) is 10.2 Å². The normalized spacial score (nSPS) is 14.1. The zero-order chi connectivity index (χ0) is 12.4. The molecule has 3 rings (SSSR count). The summed E-state index contributed by atoms with van der Waals surface area (Å²) in [4.78, 5) is 13.8. The molecule has 0 unspecified atom stereocenters. The first-order chi connectivity index (χ1) is 8.84. The van der Waals surface area contributed by atoms with Crippen LogP contribution in [0.2, 0.25) is 0 Å². The summed E-state index contributed by atoms with van der Waals surface area (Å²) in [5.41, 5.74) is 2.13. The molecule has 0 fully saturated rings. The van der Waals surface area contributed by atoms with Crippen molar-refractivity contribution in [2.24, 2.45) is 0 Å². The quantitative estimate of drug-likeness (QED) is 0.836. The Kier molecular flexibility index (Phi) is 2.72. The summed E-state index contributed by atoms with van der Waals surface area (Å²) in [6.45, 7) is 0.688. The Morgan fingerprint density at radius 2 is 2.28 bits per heavy atom. The van der Waals surface area contributed by atoms with Gasteiger partial charge in [0.15, 0.2) is 5.75 Å². The number of amides is 1. The Balaban J connectivity index is 1.83. The van der Waals surface area contributed by atoms with E-state index in [-0.39, 0.29) is 6.09 Å². The Hall–Kier alpha value is -2.30. The molecule has 1 aliphatic rings. The molecule has 1 aromatic carbocycles. The number of rotatable bonds is 1. The number of hydrogen-bond acceptors (Lipinski definition) is 3. The van der Waals surface area contributed by atoms with Crippen LogP contribution < -0.4 is 9.64 Å². The van der Waals surface area contributed by atoms with Crippen LogP contribution >= 0.6 is 0 Å². The van der Waals surface area contributed by atoms with Crippen molar-refractivity contribution in [2.75, 3.05) is 11.4 Å². The van der Waals surface area contributed by atoms with Crippen molar-refractivity contribution in [1.29, 1.82) is 0 Å². The first kappa shape index (κ1) is 10.8. The third-order valence-corrected chi connectivity index (χ3v) is 3.01. The maximum absolute atomic E-state index is 12.1. The fourth-order valence-electron chi connectivity index (χ4n) is 2.17. The summed E-state index contributed by atoms with van der Waals surface area (Å²) in [7, 11) is 0. The van der Waals surface area contributed by atoms with E-state index in [1.165, 1.54) is 11.8 Å². The van der Waals surface area contributed by atoms with Crippen LogP contribution in [0.25, 0.3) is 0 Å². The van der Waals surface area contributed by atoms with Crippen LogP contribution in [0.3, 0.4) is 0 Å². The van der Waals surface area contributed by atoms with Gasteiger partial charge in [0.1, 0.15) is 0 Å². The molecule has 5 heteroatoms. The molecule has 0 spiro atoms. The molecule has 0 bridgehead atoms. The molecule has 0 saturated heterocycles. The van der Waals surface area contributed by atoms with Crippen LogP contribution in [0.15, 0.2) is 36.7 Å². The highest BCUT2D eigenvalue weighted by molar-refractivity contribution is 5.90. The van der Waals surface area contributed by atoms with E-state index in [0.29, 0.717) is 12.3 Å². The van der Waals surface area contributed by atoms with Gasteiger partial charge in [-0.15, -0.1) is 0 Å². The molecule has 5 nitrogen and oxygen atoms in total. The van der Waals surface area contributed by atoms with Crippen LogP contribution in [0.4, 0.5) is 10.5 Å². The van der Waals surface area contributed by atoms with E-state index in [4.69, 9.17) is 4.74 Å². The van der Waals surface area contributed by atoms with Crippen molar-refractivity contribution in [3.8, 4) is 5.75 Å². The van der Waals surface area contributed by atoms with Crippen molar-refractivity contribution < 1.29 is 9.53 Å². The molecule has 92 valence electrons. The Morgan fingerprint density at radius 1 is 1.39 bits per heavy atom. The first-order valence-electron chi connectivity index (χ1n) is 5.90. The smallest absolute Gasteiger partial charge is 0.407 e. The number of para-hydroxylation sites is 1. The minimum atomic E-state index is -0.358. The lowest BCUT2D eigenvalue weighted by atomic mass is 10.0. The zero-order valence-corrected chi connectivity index (χ0v) is 9.80. The molecule has 18 heavy (non-hydrogen) atoms. The summed E-state index contributed by atoms with van der Waals surface area (Å²) in [6.07, 6.45) is 4.63. The van der Waals surface area contributed by atoms with Gasteiger partial charge >= 0.3 is 6.09 Å². The number of benzene rings is 1. The monoisotopic (exact) mass is 243 g/mol. The van der Waals surface area contributed by atoms with Crippen molar-refractivity contribution in [3.05, 3.63) is 42.2 Å². The van der Waals surface area contributed by atoms with E-state index in [2.05, 4.69) is 10.2 Å². The molecule has 0 saturated carbocycles. The van der Waals surface area contributed by atoms with Crippen LogP contribution in [0.1, 0.15) is 12.0 Å². The van der Waals surface area contributed by atoms with Gasteiger partial charge in [-0.1, -0.05) is 18.2 Å². The molecule has 2 heterocycles. The number of anilines is 1. The second kappa shape index (κ2) is 4.52. The molecule has 1 aliphatic heterocycles. The van der Waals surface area contributed by atoms with Crippen molar-refractivity contribution in [2.45, 2.75) is 12.8 Å². The maximum atomic E-state index is 12.1. The van der Waals surface area contributed by atoms with E-state index in [1.54, 1.807) is 11.1 Å². The van der Waals surface area contributed by atoms with Gasteiger partial charge in [0, 0.05) is 6.54 Å². The van der Waals surface area contributed by atoms with E-state index in [1.807, 2.05) is 24.3 Å². The SMILES string of the molecule is O=C(Oc1cn[nH]c1)N1CCCc2ccccc21. The van der Waals surface area contributed by atoms with Gasteiger partial charge in [0.05, 0.1) is 18.1 Å². The minimum Gasteiger partial charge on any atom is -0.407 e. The summed E-state index contributed by atoms with van der Waals surface area (Å²) < 4.78 is 5.24. The molecule has 2 aromatic rings. The van der Waals surface area contributed by atoms with Gasteiger partial charge in [0.2, 0.25) is 0 Å². The number of aromatic nitrogens is 2. The topological polar surface area (TPSA) is 58.2 Å². The predicted molar refractivity (Wildman–Crippen MR) is 66.7 cm³/mol. The van der Waals surface area contributed by atoms with Crippen LogP contribution in [-0.4, -0.2) is 22.8 Å². The van der Waals surface area contributed by atoms with Crippen molar-refractivity contribution in [3.63, 3.8) is 0 Å². The number of ether oxygens (including phenoxy) is 1. The van der Waals surface area contributed by atoms with Crippen LogP contribution in [0.5, 0.6) is 5.75 Å². The lowest BCUT2D eigenvalue weighted by Gasteiger charge is -2.28. The van der Waals surface area contributed by atoms with Gasteiger partial charge < -0.3 is 4.74 Å². The summed E-state index contributed by atoms with van der Waals surface area (Å²) in [5, 5.41) is 6.36. The van der Waals surface area contributed by atoms with Crippen LogP contribution in [0, 0.1) is 0 Å². The standard InChI is InChI=1S/C13H13N3O2/c17-13(18-11-8-14-15-9-11)16-7-3-5-10-4-1-2-6-12(10)16/h1-2,4,6,8-9H,3,5,7H2,(H,14,15). The number of hydrogen-bond donors (Lipinski definition) is 1. The fourth-order valence-corrected chi connectivity index (χ4v) is 2.17. The second-order valence-electron chi connectivity index (χ2n) is 4.19. The average molecular weight is 243 g/mol. The largest absolute Gasteiger partial charge is 0.419 e. The lowest BCUT2D eigenvalue weighted by molar-refractivity contribution is 0.207. The van der Waals surface area contributed by atoms with Crippen LogP contribution in [-0.2, 0) is 6.42 Å². The number of nitrogens with one attached hydrogen (secondary N) is 1. The molecular weight excluding hydrogens is 230 g/mol. The Morgan fingerprint density at radius 3 is 3.11 bits per heavy atom. The highest BCUT2D eigenvalue weighted by Crippen LogP contribution is 2.27. The van der Waals surface area contributed by atoms with Gasteiger partial charge in [-0.3, -0.25) is 10.00 Å². The molecule has 0 radical (unpaired) electrons. The summed E-state index contributed by atoms with van der Waals surface area (Å²) in [6, 6.07) is 7.92. The molecule has 0 atom stereocenters. The predicted octanol–water partition coefficient (Wildman–Crippen LogP) is 2.36. The van der Waals surface area contributed by atoms with E-state index < -0.39 is 0 Å². The van der Waals surface area contributed by atoms with Gasteiger partial charge in [-0.05, 0) is 24.5 Å². The Bertz CT molecular complexity index is 551. The highest BCUT2D eigenvalue weighted by Gasteiger charge is 2.23. The molecule has 1 N–H and O–H groups in total. The zero-order valence-electron chi connectivity index (χ0n) is 9.80. The van der Waals surface area contributed by atoms with E-state index >= 15 is 0 Å². The molecule has 0 aliphatic carbocycles. The molecular formula is C13H13N3O2. The average Bonchev–Trinajstić information content (AvgIpc) is 2.91. The number of carbonyl (C=O) groups excluding carboxylic acids is 1. The number of aromatic amines is 1. The summed E-state index contributed by atoms with van der Waals surface area (Å²) >= 11 is 0. The lowest BCUT2D eigenvalue weighted by Crippen LogP contribution is -2.37. The maximum Gasteiger partial charge on any atom is 0.419 e. The third kappa shape index (κ3) is 1.95.